The normalized spacial score (nSPS) is 16.1. The minimum Gasteiger partial charge on any atom is -0.368 e. The van der Waals surface area contributed by atoms with Crippen LogP contribution in [0.15, 0.2) is 34.0 Å². The average molecular weight is 417 g/mol. The van der Waals surface area contributed by atoms with Gasteiger partial charge < -0.3 is 11.1 Å². The zero-order valence-corrected chi connectivity index (χ0v) is 16.8. The lowest BCUT2D eigenvalue weighted by molar-refractivity contribution is -0.133. The fourth-order valence-electron chi connectivity index (χ4n) is 3.74. The van der Waals surface area contributed by atoms with Crippen molar-refractivity contribution in [1.29, 1.82) is 0 Å². The molecule has 0 bridgehead atoms. The molecule has 3 heterocycles. The predicted octanol–water partition coefficient (Wildman–Crippen LogP) is 2.49. The summed E-state index contributed by atoms with van der Waals surface area (Å²) < 4.78 is 1.29. The number of nitrogens with one attached hydrogen (secondary N) is 1. The van der Waals surface area contributed by atoms with Gasteiger partial charge in [0.2, 0.25) is 11.8 Å². The first-order chi connectivity index (χ1) is 13.5. The van der Waals surface area contributed by atoms with Crippen LogP contribution in [0.2, 0.25) is 0 Å². The lowest BCUT2D eigenvalue weighted by Gasteiger charge is -2.35. The molecule has 3 aromatic heterocycles. The molecule has 4 rings (SSSR count). The van der Waals surface area contributed by atoms with Crippen molar-refractivity contribution in [2.45, 2.75) is 44.2 Å². The Kier molecular flexibility index (Phi) is 5.03. The van der Waals surface area contributed by atoms with Crippen molar-refractivity contribution in [3.8, 4) is 10.4 Å². The topological polar surface area (TPSA) is 107 Å². The number of carbonyl (C=O) groups excluding carboxylic acids is 2. The molecule has 7 nitrogen and oxygen atoms in total. The molecule has 28 heavy (non-hydrogen) atoms. The van der Waals surface area contributed by atoms with E-state index in [1.165, 1.54) is 22.2 Å². The van der Waals surface area contributed by atoms with Crippen molar-refractivity contribution in [3.05, 3.63) is 39.6 Å². The third kappa shape index (κ3) is 3.35. The number of aromatic nitrogens is 2. The fourth-order valence-corrected chi connectivity index (χ4v) is 5.46. The predicted molar refractivity (Wildman–Crippen MR) is 110 cm³/mol. The van der Waals surface area contributed by atoms with Gasteiger partial charge in [0.1, 0.15) is 16.9 Å². The fraction of sp³-hybridized carbons (Fsp3) is 0.368. The number of thiophene rings is 2. The molecule has 0 unspecified atom stereocenters. The number of nitrogens with two attached hydrogens (primary N) is 1. The molecule has 9 heteroatoms. The van der Waals surface area contributed by atoms with Crippen LogP contribution in [-0.4, -0.2) is 26.9 Å². The average Bonchev–Trinajstić information content (AvgIpc) is 3.34. The SMILES string of the molecule is NC(=O)C1(NC(=O)Cn2cnc3scc(-c4cccs4)c3c2=O)CCCCC1. The molecule has 0 spiro atoms. The molecule has 146 valence electrons. The largest absolute Gasteiger partial charge is 0.368 e. The van der Waals surface area contributed by atoms with Crippen LogP contribution in [0.5, 0.6) is 0 Å². The third-order valence-electron chi connectivity index (χ3n) is 5.22. The maximum atomic E-state index is 13.0. The Morgan fingerprint density at radius 2 is 2.04 bits per heavy atom. The van der Waals surface area contributed by atoms with Crippen molar-refractivity contribution in [1.82, 2.24) is 14.9 Å². The molecule has 3 N–H and O–H groups in total. The van der Waals surface area contributed by atoms with Gasteiger partial charge in [-0.05, 0) is 24.3 Å². The van der Waals surface area contributed by atoms with E-state index in [4.69, 9.17) is 5.73 Å². The highest BCUT2D eigenvalue weighted by Crippen LogP contribution is 2.33. The summed E-state index contributed by atoms with van der Waals surface area (Å²) in [5, 5.41) is 7.18. The van der Waals surface area contributed by atoms with Crippen molar-refractivity contribution in [2.24, 2.45) is 5.73 Å². The van der Waals surface area contributed by atoms with Gasteiger partial charge in [0, 0.05) is 15.8 Å². The standard InChI is InChI=1S/C19H20N4O3S2/c20-18(26)19(6-2-1-3-7-19)22-14(24)9-23-11-21-16-15(17(23)25)12(10-28-16)13-5-4-8-27-13/h4-5,8,10-11H,1-3,6-7,9H2,(H2,20,26)(H,22,24). The van der Waals surface area contributed by atoms with Gasteiger partial charge in [-0.25, -0.2) is 4.98 Å². The lowest BCUT2D eigenvalue weighted by atomic mass is 9.81. The third-order valence-corrected chi connectivity index (χ3v) is 7.01. The van der Waals surface area contributed by atoms with Gasteiger partial charge in [-0.3, -0.25) is 19.0 Å². The van der Waals surface area contributed by atoms with E-state index >= 15 is 0 Å². The zero-order chi connectivity index (χ0) is 19.7. The van der Waals surface area contributed by atoms with Crippen LogP contribution in [0.3, 0.4) is 0 Å². The second-order valence-electron chi connectivity index (χ2n) is 7.04. The van der Waals surface area contributed by atoms with Crippen LogP contribution < -0.4 is 16.6 Å². The Morgan fingerprint density at radius 3 is 2.71 bits per heavy atom. The van der Waals surface area contributed by atoms with Crippen LogP contribution in [0.4, 0.5) is 0 Å². The molecule has 0 aromatic carbocycles. The molecule has 0 atom stereocenters. The number of carbonyl (C=O) groups is 2. The highest BCUT2D eigenvalue weighted by molar-refractivity contribution is 7.18. The summed E-state index contributed by atoms with van der Waals surface area (Å²) in [6.07, 6.45) is 5.16. The molecular formula is C19H20N4O3S2. The van der Waals surface area contributed by atoms with Crippen LogP contribution in [0.1, 0.15) is 32.1 Å². The number of hydrogen-bond acceptors (Lipinski definition) is 6. The highest BCUT2D eigenvalue weighted by atomic mass is 32.1. The summed E-state index contributed by atoms with van der Waals surface area (Å²) >= 11 is 2.96. The van der Waals surface area contributed by atoms with Gasteiger partial charge in [0.25, 0.3) is 5.56 Å². The number of hydrogen-bond donors (Lipinski definition) is 2. The van der Waals surface area contributed by atoms with E-state index in [1.807, 2.05) is 22.9 Å². The van der Waals surface area contributed by atoms with Gasteiger partial charge in [0.15, 0.2) is 0 Å². The maximum Gasteiger partial charge on any atom is 0.263 e. The van der Waals surface area contributed by atoms with Gasteiger partial charge >= 0.3 is 0 Å². The molecule has 2 amide bonds. The summed E-state index contributed by atoms with van der Waals surface area (Å²) in [6, 6.07) is 3.88. The van der Waals surface area contributed by atoms with E-state index < -0.39 is 17.4 Å². The Bertz CT molecular complexity index is 1080. The summed E-state index contributed by atoms with van der Waals surface area (Å²) in [7, 11) is 0. The van der Waals surface area contributed by atoms with Crippen LogP contribution in [0, 0.1) is 0 Å². The summed E-state index contributed by atoms with van der Waals surface area (Å²) in [5.41, 5.74) is 5.14. The van der Waals surface area contributed by atoms with Gasteiger partial charge in [-0.1, -0.05) is 25.3 Å². The van der Waals surface area contributed by atoms with E-state index in [1.54, 1.807) is 11.3 Å². The van der Waals surface area contributed by atoms with Crippen molar-refractivity contribution < 1.29 is 9.59 Å². The Balaban J connectivity index is 1.62. The van der Waals surface area contributed by atoms with Crippen molar-refractivity contribution in [2.75, 3.05) is 0 Å². The highest BCUT2D eigenvalue weighted by Gasteiger charge is 2.39. The maximum absolute atomic E-state index is 13.0. The molecular weight excluding hydrogens is 396 g/mol. The first kappa shape index (κ1) is 18.8. The van der Waals surface area contributed by atoms with Crippen LogP contribution in [0.25, 0.3) is 20.7 Å². The van der Waals surface area contributed by atoms with Crippen molar-refractivity contribution >= 4 is 44.7 Å². The molecule has 1 aliphatic carbocycles. The van der Waals surface area contributed by atoms with Gasteiger partial charge in [-0.15, -0.1) is 22.7 Å². The number of primary amides is 1. The number of rotatable bonds is 5. The Labute approximate surface area is 169 Å². The second-order valence-corrected chi connectivity index (χ2v) is 8.85. The summed E-state index contributed by atoms with van der Waals surface area (Å²) in [5.74, 6) is -0.920. The minimum atomic E-state index is -1.01. The molecule has 1 fully saturated rings. The Morgan fingerprint density at radius 1 is 1.25 bits per heavy atom. The quantitative estimate of drug-likeness (QED) is 0.666. The number of nitrogens with zero attached hydrogens (tertiary/aromatic N) is 2. The number of amides is 2. The molecule has 0 radical (unpaired) electrons. The summed E-state index contributed by atoms with van der Waals surface area (Å²) in [4.78, 5) is 43.6. The lowest BCUT2D eigenvalue weighted by Crippen LogP contribution is -2.59. The van der Waals surface area contributed by atoms with Gasteiger partial charge in [-0.2, -0.15) is 0 Å². The molecule has 0 saturated heterocycles. The monoisotopic (exact) mass is 416 g/mol. The van der Waals surface area contributed by atoms with E-state index in [0.29, 0.717) is 23.1 Å². The molecule has 0 aliphatic heterocycles. The van der Waals surface area contributed by atoms with E-state index in [-0.39, 0.29) is 12.1 Å². The molecule has 1 aliphatic rings. The minimum absolute atomic E-state index is 0.198. The first-order valence-corrected chi connectivity index (χ1v) is 10.9. The van der Waals surface area contributed by atoms with Crippen LogP contribution in [-0.2, 0) is 16.1 Å². The molecule has 1 saturated carbocycles. The first-order valence-electron chi connectivity index (χ1n) is 9.12. The summed E-state index contributed by atoms with van der Waals surface area (Å²) in [6.45, 7) is -0.198. The number of fused-ring (bicyclic) bond motifs is 1. The van der Waals surface area contributed by atoms with Crippen molar-refractivity contribution in [3.63, 3.8) is 0 Å². The van der Waals surface area contributed by atoms with Gasteiger partial charge in [0.05, 0.1) is 11.7 Å². The van der Waals surface area contributed by atoms with Crippen LogP contribution >= 0.6 is 22.7 Å². The smallest absolute Gasteiger partial charge is 0.263 e. The molecule has 3 aromatic rings. The zero-order valence-electron chi connectivity index (χ0n) is 15.1. The van der Waals surface area contributed by atoms with E-state index in [9.17, 15) is 14.4 Å². The van der Waals surface area contributed by atoms with E-state index in [2.05, 4.69) is 10.3 Å². The second kappa shape index (κ2) is 7.48. The Hall–Kier alpha value is -2.52. The van der Waals surface area contributed by atoms with E-state index in [0.717, 1.165) is 29.7 Å².